The van der Waals surface area contributed by atoms with Crippen LogP contribution in [0.3, 0.4) is 0 Å². The van der Waals surface area contributed by atoms with Gasteiger partial charge in [-0.1, -0.05) is 59.7 Å². The fourth-order valence-electron chi connectivity index (χ4n) is 4.11. The van der Waals surface area contributed by atoms with E-state index in [9.17, 15) is 9.59 Å². The Bertz CT molecular complexity index is 1180. The third kappa shape index (κ3) is 3.66. The third-order valence-electron chi connectivity index (χ3n) is 5.66. The van der Waals surface area contributed by atoms with Crippen molar-refractivity contribution in [1.29, 1.82) is 0 Å². The Morgan fingerprint density at radius 2 is 1.42 bits per heavy atom. The van der Waals surface area contributed by atoms with Gasteiger partial charge in [0.15, 0.2) is 0 Å². The van der Waals surface area contributed by atoms with Crippen molar-refractivity contribution in [1.82, 2.24) is 0 Å². The molecule has 4 rings (SSSR count). The number of anilines is 2. The molecule has 0 bridgehead atoms. The van der Waals surface area contributed by atoms with Gasteiger partial charge in [-0.2, -0.15) is 0 Å². The molecule has 0 aliphatic carbocycles. The van der Waals surface area contributed by atoms with Crippen molar-refractivity contribution in [3.63, 3.8) is 0 Å². The Morgan fingerprint density at radius 3 is 2.03 bits per heavy atom. The third-order valence-corrected chi connectivity index (χ3v) is 5.66. The van der Waals surface area contributed by atoms with Gasteiger partial charge in [0.1, 0.15) is 5.70 Å². The molecule has 0 saturated carbocycles. The van der Waals surface area contributed by atoms with Gasteiger partial charge >= 0.3 is 0 Å². The van der Waals surface area contributed by atoms with Crippen LogP contribution >= 0.6 is 0 Å². The van der Waals surface area contributed by atoms with Gasteiger partial charge in [-0.15, -0.1) is 0 Å². The van der Waals surface area contributed by atoms with Crippen molar-refractivity contribution in [3.05, 3.63) is 101 Å². The average molecular weight is 411 g/mol. The quantitative estimate of drug-likeness (QED) is 0.527. The molecule has 1 aliphatic heterocycles. The Kier molecular flexibility index (Phi) is 5.47. The SMILES string of the molecule is CCN(C1=C(c2ccc(C)cc2C)C(=O)N(c2ccc(C)cc2)C1=O)c1ccccc1. The number of likely N-dealkylation sites (N-methyl/N-ethyl adjacent to an activating group) is 1. The summed E-state index contributed by atoms with van der Waals surface area (Å²) in [4.78, 5) is 30.7. The smallest absolute Gasteiger partial charge is 0.282 e. The molecule has 1 aliphatic rings. The number of amides is 2. The molecule has 0 aromatic heterocycles. The summed E-state index contributed by atoms with van der Waals surface area (Å²) >= 11 is 0. The van der Waals surface area contributed by atoms with Gasteiger partial charge in [0.05, 0.1) is 11.3 Å². The van der Waals surface area contributed by atoms with E-state index < -0.39 is 0 Å². The van der Waals surface area contributed by atoms with Crippen LogP contribution in [0.25, 0.3) is 5.57 Å². The fourth-order valence-corrected chi connectivity index (χ4v) is 4.11. The largest absolute Gasteiger partial charge is 0.337 e. The van der Waals surface area contributed by atoms with Crippen molar-refractivity contribution in [2.24, 2.45) is 0 Å². The maximum absolute atomic E-state index is 13.7. The summed E-state index contributed by atoms with van der Waals surface area (Å²) < 4.78 is 0. The highest BCUT2D eigenvalue weighted by atomic mass is 16.2. The minimum Gasteiger partial charge on any atom is -0.337 e. The molecule has 0 spiro atoms. The van der Waals surface area contributed by atoms with E-state index >= 15 is 0 Å². The second kappa shape index (κ2) is 8.23. The Morgan fingerprint density at radius 1 is 0.774 bits per heavy atom. The highest BCUT2D eigenvalue weighted by Crippen LogP contribution is 2.37. The molecule has 0 N–H and O–H groups in total. The van der Waals surface area contributed by atoms with Crippen LogP contribution in [0.2, 0.25) is 0 Å². The van der Waals surface area contributed by atoms with Crippen molar-refractivity contribution >= 4 is 28.8 Å². The van der Waals surface area contributed by atoms with Crippen LogP contribution in [0.15, 0.2) is 78.5 Å². The molecule has 0 saturated heterocycles. The Hall–Kier alpha value is -3.66. The van der Waals surface area contributed by atoms with E-state index in [1.54, 1.807) is 0 Å². The molecule has 2 amide bonds. The van der Waals surface area contributed by atoms with Gasteiger partial charge in [0.25, 0.3) is 11.8 Å². The maximum Gasteiger partial charge on any atom is 0.282 e. The molecule has 0 atom stereocenters. The number of aryl methyl sites for hydroxylation is 3. The minimum atomic E-state index is -0.297. The van der Waals surface area contributed by atoms with Crippen LogP contribution in [0.1, 0.15) is 29.2 Å². The van der Waals surface area contributed by atoms with E-state index in [1.807, 2.05) is 105 Å². The molecular formula is C27H26N2O2. The van der Waals surface area contributed by atoms with Gasteiger partial charge in [0, 0.05) is 12.2 Å². The number of rotatable bonds is 5. The predicted octanol–water partition coefficient (Wildman–Crippen LogP) is 5.42. The highest BCUT2D eigenvalue weighted by Gasteiger charge is 2.43. The van der Waals surface area contributed by atoms with Crippen molar-refractivity contribution < 1.29 is 9.59 Å². The molecule has 3 aromatic carbocycles. The standard InChI is InChI=1S/C27H26N2O2/c1-5-28(21-9-7-6-8-10-21)25-24(23-16-13-19(3)17-20(23)4)26(30)29(27(25)31)22-14-11-18(2)12-15-22/h6-17H,5H2,1-4H3. The minimum absolute atomic E-state index is 0.287. The Balaban J connectivity index is 1.93. The Labute approximate surface area is 183 Å². The second-order valence-corrected chi connectivity index (χ2v) is 7.90. The van der Waals surface area contributed by atoms with Crippen LogP contribution < -0.4 is 9.80 Å². The van der Waals surface area contributed by atoms with Gasteiger partial charge in [-0.3, -0.25) is 9.59 Å². The van der Waals surface area contributed by atoms with E-state index in [2.05, 4.69) is 0 Å². The van der Waals surface area contributed by atoms with Crippen LogP contribution in [0, 0.1) is 20.8 Å². The zero-order valence-corrected chi connectivity index (χ0v) is 18.3. The van der Waals surface area contributed by atoms with E-state index in [-0.39, 0.29) is 11.8 Å². The fraction of sp³-hybridized carbons (Fsp3) is 0.185. The number of nitrogens with zero attached hydrogens (tertiary/aromatic N) is 2. The first-order chi connectivity index (χ1) is 14.9. The molecule has 31 heavy (non-hydrogen) atoms. The lowest BCUT2D eigenvalue weighted by molar-refractivity contribution is -0.120. The number of para-hydroxylation sites is 1. The summed E-state index contributed by atoms with van der Waals surface area (Å²) in [6.45, 7) is 8.55. The summed E-state index contributed by atoms with van der Waals surface area (Å²) in [7, 11) is 0. The van der Waals surface area contributed by atoms with E-state index in [4.69, 9.17) is 0 Å². The van der Waals surface area contributed by atoms with Gasteiger partial charge in [-0.25, -0.2) is 4.90 Å². The molecule has 4 heteroatoms. The van der Waals surface area contributed by atoms with Crippen molar-refractivity contribution in [2.45, 2.75) is 27.7 Å². The lowest BCUT2D eigenvalue weighted by Gasteiger charge is -2.25. The topological polar surface area (TPSA) is 40.6 Å². The summed E-state index contributed by atoms with van der Waals surface area (Å²) in [6, 6.07) is 23.2. The van der Waals surface area contributed by atoms with Gasteiger partial charge in [0.2, 0.25) is 0 Å². The monoisotopic (exact) mass is 410 g/mol. The van der Waals surface area contributed by atoms with Crippen molar-refractivity contribution in [3.8, 4) is 0 Å². The first kappa shape index (κ1) is 20.6. The lowest BCUT2D eigenvalue weighted by atomic mass is 9.97. The second-order valence-electron chi connectivity index (χ2n) is 7.90. The maximum atomic E-state index is 13.7. The number of hydrogen-bond acceptors (Lipinski definition) is 3. The van der Waals surface area contributed by atoms with E-state index in [0.29, 0.717) is 23.5 Å². The van der Waals surface area contributed by atoms with Crippen LogP contribution in [-0.2, 0) is 9.59 Å². The molecule has 0 unspecified atom stereocenters. The lowest BCUT2D eigenvalue weighted by Crippen LogP contribution is -2.35. The summed E-state index contributed by atoms with van der Waals surface area (Å²) in [6.07, 6.45) is 0. The number of benzene rings is 3. The molecule has 156 valence electrons. The average Bonchev–Trinajstić information content (AvgIpc) is 3.01. The summed E-state index contributed by atoms with van der Waals surface area (Å²) in [5.41, 5.74) is 6.30. The van der Waals surface area contributed by atoms with Crippen LogP contribution in [0.4, 0.5) is 11.4 Å². The van der Waals surface area contributed by atoms with Crippen LogP contribution in [0.5, 0.6) is 0 Å². The van der Waals surface area contributed by atoms with E-state index in [1.165, 1.54) is 4.90 Å². The summed E-state index contributed by atoms with van der Waals surface area (Å²) in [5.74, 6) is -0.584. The normalized spacial score (nSPS) is 13.9. The number of carbonyl (C=O) groups excluding carboxylic acids is 2. The first-order valence-electron chi connectivity index (χ1n) is 10.5. The number of carbonyl (C=O) groups is 2. The molecule has 4 nitrogen and oxygen atoms in total. The molecular weight excluding hydrogens is 384 g/mol. The molecule has 1 heterocycles. The summed E-state index contributed by atoms with van der Waals surface area (Å²) in [5, 5.41) is 0. The van der Waals surface area contributed by atoms with Gasteiger partial charge in [-0.05, 0) is 63.1 Å². The van der Waals surface area contributed by atoms with Crippen LogP contribution in [-0.4, -0.2) is 18.4 Å². The number of hydrogen-bond donors (Lipinski definition) is 0. The zero-order valence-electron chi connectivity index (χ0n) is 18.3. The first-order valence-corrected chi connectivity index (χ1v) is 10.5. The number of imide groups is 1. The van der Waals surface area contributed by atoms with Gasteiger partial charge < -0.3 is 4.90 Å². The highest BCUT2D eigenvalue weighted by molar-refractivity contribution is 6.46. The van der Waals surface area contributed by atoms with Crippen molar-refractivity contribution in [2.75, 3.05) is 16.3 Å². The molecule has 3 aromatic rings. The predicted molar refractivity (Wildman–Crippen MR) is 126 cm³/mol. The molecule has 0 fully saturated rings. The zero-order chi connectivity index (χ0) is 22.1. The molecule has 0 radical (unpaired) electrons. The van der Waals surface area contributed by atoms with E-state index in [0.717, 1.165) is 27.9 Å².